The number of carbonyl (C=O) groups is 1. The van der Waals surface area contributed by atoms with Crippen LogP contribution in [0.2, 0.25) is 0 Å². The highest BCUT2D eigenvalue weighted by atomic mass is 16.5. The predicted octanol–water partition coefficient (Wildman–Crippen LogP) is 2.19. The lowest BCUT2D eigenvalue weighted by atomic mass is 9.98. The maximum Gasteiger partial charge on any atom is 0.310 e. The standard InChI is InChI=1S/C13H14O2/c1-3-12-7-11-6-9(2)4-5-10(11)8-13(14)15-12/h3-6,12H,1,7-8H2,2H3. The summed E-state index contributed by atoms with van der Waals surface area (Å²) in [7, 11) is 0. The molecule has 1 aromatic rings. The Balaban J connectivity index is 2.40. The summed E-state index contributed by atoms with van der Waals surface area (Å²) in [6.07, 6.45) is 2.63. The summed E-state index contributed by atoms with van der Waals surface area (Å²) >= 11 is 0. The Labute approximate surface area is 89.6 Å². The zero-order valence-electron chi connectivity index (χ0n) is 8.82. The van der Waals surface area contributed by atoms with Crippen molar-refractivity contribution in [2.45, 2.75) is 25.9 Å². The molecule has 1 aliphatic heterocycles. The molecule has 2 rings (SSSR count). The third-order valence-corrected chi connectivity index (χ3v) is 2.66. The lowest BCUT2D eigenvalue weighted by molar-refractivity contribution is -0.145. The predicted molar refractivity (Wildman–Crippen MR) is 58.7 cm³/mol. The summed E-state index contributed by atoms with van der Waals surface area (Å²) in [5, 5.41) is 0. The lowest BCUT2D eigenvalue weighted by Gasteiger charge is -2.10. The van der Waals surface area contributed by atoms with Crippen molar-refractivity contribution in [3.8, 4) is 0 Å². The van der Waals surface area contributed by atoms with Gasteiger partial charge in [-0.25, -0.2) is 0 Å². The number of fused-ring (bicyclic) bond motifs is 1. The topological polar surface area (TPSA) is 26.3 Å². The van der Waals surface area contributed by atoms with E-state index in [1.807, 2.05) is 12.1 Å². The molecule has 0 N–H and O–H groups in total. The van der Waals surface area contributed by atoms with Gasteiger partial charge in [0, 0.05) is 6.42 Å². The fourth-order valence-corrected chi connectivity index (χ4v) is 1.87. The van der Waals surface area contributed by atoms with Crippen LogP contribution in [0.3, 0.4) is 0 Å². The SMILES string of the molecule is C=CC1Cc2cc(C)ccc2CC(=O)O1. The summed E-state index contributed by atoms with van der Waals surface area (Å²) in [5.74, 6) is -0.164. The number of benzene rings is 1. The first-order valence-corrected chi connectivity index (χ1v) is 5.09. The van der Waals surface area contributed by atoms with E-state index in [-0.39, 0.29) is 12.1 Å². The Morgan fingerprint density at radius 3 is 3.00 bits per heavy atom. The number of aryl methyl sites for hydroxylation is 1. The average Bonchev–Trinajstić information content (AvgIpc) is 2.35. The second-order valence-corrected chi connectivity index (χ2v) is 3.92. The molecule has 0 aromatic heterocycles. The van der Waals surface area contributed by atoms with Crippen LogP contribution >= 0.6 is 0 Å². The molecule has 1 aliphatic rings. The van der Waals surface area contributed by atoms with Crippen molar-refractivity contribution in [1.29, 1.82) is 0 Å². The third-order valence-electron chi connectivity index (χ3n) is 2.66. The van der Waals surface area contributed by atoms with E-state index < -0.39 is 0 Å². The molecule has 1 atom stereocenters. The van der Waals surface area contributed by atoms with E-state index in [0.29, 0.717) is 6.42 Å². The highest BCUT2D eigenvalue weighted by Gasteiger charge is 2.20. The first-order valence-electron chi connectivity index (χ1n) is 5.09. The van der Waals surface area contributed by atoms with Crippen molar-refractivity contribution in [2.75, 3.05) is 0 Å². The van der Waals surface area contributed by atoms with Crippen LogP contribution in [0.1, 0.15) is 16.7 Å². The maximum atomic E-state index is 11.4. The van der Waals surface area contributed by atoms with E-state index in [1.165, 1.54) is 11.1 Å². The summed E-state index contributed by atoms with van der Waals surface area (Å²) in [5.41, 5.74) is 3.49. The molecule has 0 bridgehead atoms. The van der Waals surface area contributed by atoms with E-state index in [9.17, 15) is 4.79 Å². The number of hydrogen-bond donors (Lipinski definition) is 0. The normalized spacial score (nSPS) is 20.1. The lowest BCUT2D eigenvalue weighted by Crippen LogP contribution is -2.15. The van der Waals surface area contributed by atoms with Crippen LogP contribution in [0.5, 0.6) is 0 Å². The highest BCUT2D eigenvalue weighted by Crippen LogP contribution is 2.20. The van der Waals surface area contributed by atoms with Crippen LogP contribution < -0.4 is 0 Å². The van der Waals surface area contributed by atoms with Gasteiger partial charge in [0.25, 0.3) is 0 Å². The summed E-state index contributed by atoms with van der Waals surface area (Å²) in [4.78, 5) is 11.4. The van der Waals surface area contributed by atoms with E-state index >= 15 is 0 Å². The van der Waals surface area contributed by atoms with Crippen LogP contribution in [0.4, 0.5) is 0 Å². The molecule has 0 saturated carbocycles. The van der Waals surface area contributed by atoms with E-state index in [4.69, 9.17) is 4.74 Å². The van der Waals surface area contributed by atoms with Crippen LogP contribution in [0, 0.1) is 6.92 Å². The van der Waals surface area contributed by atoms with Gasteiger partial charge in [-0.05, 0) is 18.1 Å². The molecule has 1 heterocycles. The minimum atomic E-state index is -0.180. The Hall–Kier alpha value is -1.57. The number of cyclic esters (lactones) is 1. The molecule has 0 aliphatic carbocycles. The Bertz CT molecular complexity index is 407. The maximum absolute atomic E-state index is 11.4. The van der Waals surface area contributed by atoms with Crippen molar-refractivity contribution in [1.82, 2.24) is 0 Å². The second kappa shape index (κ2) is 3.89. The molecule has 0 amide bonds. The molecular formula is C13H14O2. The first kappa shape index (κ1) is 9.97. The average molecular weight is 202 g/mol. The van der Waals surface area contributed by atoms with Crippen molar-refractivity contribution < 1.29 is 9.53 Å². The van der Waals surface area contributed by atoms with Crippen molar-refractivity contribution >= 4 is 5.97 Å². The number of esters is 1. The zero-order valence-corrected chi connectivity index (χ0v) is 8.82. The molecule has 0 fully saturated rings. The molecule has 2 nitrogen and oxygen atoms in total. The first-order chi connectivity index (χ1) is 7.19. The van der Waals surface area contributed by atoms with Crippen LogP contribution in [-0.4, -0.2) is 12.1 Å². The molecule has 0 spiro atoms. The summed E-state index contributed by atoms with van der Waals surface area (Å²) in [6, 6.07) is 6.16. The Kier molecular flexibility index (Phi) is 2.58. The molecule has 2 heteroatoms. The second-order valence-electron chi connectivity index (χ2n) is 3.92. The van der Waals surface area contributed by atoms with Gasteiger partial charge < -0.3 is 4.74 Å². The third kappa shape index (κ3) is 2.09. The number of ether oxygens (including phenoxy) is 1. The van der Waals surface area contributed by atoms with Gasteiger partial charge in [0.2, 0.25) is 0 Å². The highest BCUT2D eigenvalue weighted by molar-refractivity contribution is 5.74. The fraction of sp³-hybridized carbons (Fsp3) is 0.308. The number of hydrogen-bond acceptors (Lipinski definition) is 2. The van der Waals surface area contributed by atoms with E-state index in [2.05, 4.69) is 19.6 Å². The van der Waals surface area contributed by atoms with Gasteiger partial charge in [0.1, 0.15) is 6.10 Å². The van der Waals surface area contributed by atoms with Crippen LogP contribution in [0.15, 0.2) is 30.9 Å². The molecule has 78 valence electrons. The Morgan fingerprint density at radius 2 is 2.27 bits per heavy atom. The molecular weight excluding hydrogens is 188 g/mol. The zero-order chi connectivity index (χ0) is 10.8. The van der Waals surface area contributed by atoms with Gasteiger partial charge >= 0.3 is 5.97 Å². The minimum absolute atomic E-state index is 0.164. The smallest absolute Gasteiger partial charge is 0.310 e. The molecule has 1 aromatic carbocycles. The van der Waals surface area contributed by atoms with E-state index in [0.717, 1.165) is 12.0 Å². The fourth-order valence-electron chi connectivity index (χ4n) is 1.87. The quantitative estimate of drug-likeness (QED) is 0.515. The van der Waals surface area contributed by atoms with Crippen molar-refractivity contribution in [3.63, 3.8) is 0 Å². The molecule has 0 saturated heterocycles. The molecule has 0 radical (unpaired) electrons. The van der Waals surface area contributed by atoms with Gasteiger partial charge in [-0.3, -0.25) is 4.79 Å². The largest absolute Gasteiger partial charge is 0.458 e. The minimum Gasteiger partial charge on any atom is -0.458 e. The number of rotatable bonds is 1. The van der Waals surface area contributed by atoms with Gasteiger partial charge in [-0.1, -0.05) is 36.4 Å². The molecule has 1 unspecified atom stereocenters. The van der Waals surface area contributed by atoms with Crippen molar-refractivity contribution in [3.05, 3.63) is 47.5 Å². The van der Waals surface area contributed by atoms with Gasteiger partial charge in [-0.15, -0.1) is 0 Å². The monoisotopic (exact) mass is 202 g/mol. The number of carbonyl (C=O) groups excluding carboxylic acids is 1. The Morgan fingerprint density at radius 1 is 1.47 bits per heavy atom. The molecule has 15 heavy (non-hydrogen) atoms. The summed E-state index contributed by atoms with van der Waals surface area (Å²) < 4.78 is 5.23. The van der Waals surface area contributed by atoms with Gasteiger partial charge in [-0.2, -0.15) is 0 Å². The van der Waals surface area contributed by atoms with Gasteiger partial charge in [0.15, 0.2) is 0 Å². The van der Waals surface area contributed by atoms with Crippen LogP contribution in [0.25, 0.3) is 0 Å². The summed E-state index contributed by atoms with van der Waals surface area (Å²) in [6.45, 7) is 5.73. The van der Waals surface area contributed by atoms with Crippen molar-refractivity contribution in [2.24, 2.45) is 0 Å². The van der Waals surface area contributed by atoms with E-state index in [1.54, 1.807) is 6.08 Å². The van der Waals surface area contributed by atoms with Gasteiger partial charge in [0.05, 0.1) is 6.42 Å². The van der Waals surface area contributed by atoms with Crippen LogP contribution in [-0.2, 0) is 22.4 Å².